The van der Waals surface area contributed by atoms with Gasteiger partial charge in [0.1, 0.15) is 11.4 Å². The van der Waals surface area contributed by atoms with E-state index in [0.717, 1.165) is 11.3 Å². The molecule has 0 amide bonds. The van der Waals surface area contributed by atoms with Crippen LogP contribution in [0, 0.1) is 0 Å². The molecule has 0 aliphatic heterocycles. The molecule has 26 heavy (non-hydrogen) atoms. The molecule has 3 rings (SSSR count). The largest absolute Gasteiger partial charge is 0.494 e. The number of aromatic nitrogens is 3. The lowest BCUT2D eigenvalue weighted by Gasteiger charge is -2.08. The van der Waals surface area contributed by atoms with Gasteiger partial charge in [-0.1, -0.05) is 41.4 Å². The number of aromatic amines is 1. The molecule has 3 aromatic rings. The maximum Gasteiger partial charge on any atom is 0.274 e. The van der Waals surface area contributed by atoms with Crippen LogP contribution in [0.2, 0.25) is 10.0 Å². The predicted molar refractivity (Wildman–Crippen MR) is 103 cm³/mol. The molecule has 0 atom stereocenters. The zero-order valence-corrected chi connectivity index (χ0v) is 15.4. The van der Waals surface area contributed by atoms with Crippen molar-refractivity contribution in [3.8, 4) is 5.75 Å². The molecule has 0 saturated heterocycles. The summed E-state index contributed by atoms with van der Waals surface area (Å²) in [6.45, 7) is 2.53. The Bertz CT molecular complexity index is 958. The molecule has 6 nitrogen and oxygen atoms in total. The van der Waals surface area contributed by atoms with Crippen LogP contribution >= 0.6 is 23.2 Å². The fraction of sp³-hybridized carbons (Fsp3) is 0.167. The SMILES string of the molecule is CCOc1ccc(Cc2nnc(Nc3cccc(Cl)c3Cl)[nH]c2=O)cc1. The quantitative estimate of drug-likeness (QED) is 0.658. The van der Waals surface area contributed by atoms with Crippen LogP contribution < -0.4 is 15.6 Å². The van der Waals surface area contributed by atoms with Gasteiger partial charge in [0.2, 0.25) is 5.95 Å². The molecule has 0 bridgehead atoms. The zero-order chi connectivity index (χ0) is 18.5. The second kappa shape index (κ2) is 8.21. The molecule has 8 heteroatoms. The Morgan fingerprint density at radius 3 is 2.58 bits per heavy atom. The summed E-state index contributed by atoms with van der Waals surface area (Å²) >= 11 is 12.1. The monoisotopic (exact) mass is 390 g/mol. The molecule has 0 radical (unpaired) electrons. The smallest absolute Gasteiger partial charge is 0.274 e. The third kappa shape index (κ3) is 4.33. The molecule has 0 spiro atoms. The number of nitrogens with zero attached hydrogens (tertiary/aromatic N) is 2. The number of rotatable bonds is 6. The highest BCUT2D eigenvalue weighted by Crippen LogP contribution is 2.30. The fourth-order valence-electron chi connectivity index (χ4n) is 2.32. The molecule has 2 N–H and O–H groups in total. The first-order valence-corrected chi connectivity index (χ1v) is 8.71. The summed E-state index contributed by atoms with van der Waals surface area (Å²) in [4.78, 5) is 14.9. The Labute approximate surface area is 160 Å². The summed E-state index contributed by atoms with van der Waals surface area (Å²) in [5.41, 5.74) is 1.46. The minimum absolute atomic E-state index is 0.189. The maximum atomic E-state index is 12.3. The van der Waals surface area contributed by atoms with Gasteiger partial charge in [-0.25, -0.2) is 0 Å². The topological polar surface area (TPSA) is 79.9 Å². The Kier molecular flexibility index (Phi) is 5.75. The van der Waals surface area contributed by atoms with Gasteiger partial charge in [0.15, 0.2) is 0 Å². The minimum Gasteiger partial charge on any atom is -0.494 e. The number of benzene rings is 2. The third-order valence-electron chi connectivity index (χ3n) is 3.58. The first-order chi connectivity index (χ1) is 12.6. The van der Waals surface area contributed by atoms with Crippen molar-refractivity contribution in [3.63, 3.8) is 0 Å². The van der Waals surface area contributed by atoms with Gasteiger partial charge < -0.3 is 10.1 Å². The minimum atomic E-state index is -0.325. The Hall–Kier alpha value is -2.57. The molecule has 2 aromatic carbocycles. The van der Waals surface area contributed by atoms with Crippen LogP contribution in [0.15, 0.2) is 47.3 Å². The summed E-state index contributed by atoms with van der Waals surface area (Å²) < 4.78 is 5.40. The van der Waals surface area contributed by atoms with Crippen molar-refractivity contribution in [1.82, 2.24) is 15.2 Å². The first kappa shape index (κ1) is 18.2. The van der Waals surface area contributed by atoms with E-state index < -0.39 is 0 Å². The van der Waals surface area contributed by atoms with Crippen molar-refractivity contribution in [2.24, 2.45) is 0 Å². The standard InChI is InChI=1S/C18H16Cl2N4O2/c1-2-26-12-8-6-11(7-9-12)10-15-17(25)22-18(24-23-15)21-14-5-3-4-13(19)16(14)20/h3-9H,2,10H2,1H3,(H2,21,22,24,25). The lowest BCUT2D eigenvalue weighted by Crippen LogP contribution is -2.19. The second-order valence-corrected chi connectivity index (χ2v) is 6.21. The fourth-order valence-corrected chi connectivity index (χ4v) is 2.67. The van der Waals surface area contributed by atoms with E-state index in [1.54, 1.807) is 18.2 Å². The van der Waals surface area contributed by atoms with Crippen molar-refractivity contribution >= 4 is 34.8 Å². The number of ether oxygens (including phenoxy) is 1. The Morgan fingerprint density at radius 2 is 1.88 bits per heavy atom. The molecule has 1 aromatic heterocycles. The summed E-state index contributed by atoms with van der Waals surface area (Å²) in [6.07, 6.45) is 0.368. The highest BCUT2D eigenvalue weighted by Gasteiger charge is 2.09. The van der Waals surface area contributed by atoms with Crippen LogP contribution in [-0.2, 0) is 6.42 Å². The molecule has 0 unspecified atom stereocenters. The summed E-state index contributed by atoms with van der Waals surface area (Å²) in [5.74, 6) is 0.976. The van der Waals surface area contributed by atoms with Gasteiger partial charge in [-0.15, -0.1) is 10.2 Å². The number of halogens is 2. The second-order valence-electron chi connectivity index (χ2n) is 5.43. The highest BCUT2D eigenvalue weighted by atomic mass is 35.5. The van der Waals surface area contributed by atoms with Crippen molar-refractivity contribution < 1.29 is 4.74 Å². The zero-order valence-electron chi connectivity index (χ0n) is 13.9. The Balaban J connectivity index is 1.75. The van der Waals surface area contributed by atoms with E-state index in [9.17, 15) is 4.79 Å². The van der Waals surface area contributed by atoms with Crippen LogP contribution in [0.3, 0.4) is 0 Å². The third-order valence-corrected chi connectivity index (χ3v) is 4.39. The first-order valence-electron chi connectivity index (χ1n) is 7.95. The number of hydrogen-bond donors (Lipinski definition) is 2. The van der Waals surface area contributed by atoms with Crippen molar-refractivity contribution in [2.45, 2.75) is 13.3 Å². The summed E-state index contributed by atoms with van der Waals surface area (Å²) in [5, 5.41) is 11.7. The van der Waals surface area contributed by atoms with Crippen LogP contribution in [-0.4, -0.2) is 21.8 Å². The lowest BCUT2D eigenvalue weighted by molar-refractivity contribution is 0.340. The maximum absolute atomic E-state index is 12.3. The van der Waals surface area contributed by atoms with E-state index in [1.807, 2.05) is 31.2 Å². The summed E-state index contributed by atoms with van der Waals surface area (Å²) in [7, 11) is 0. The van der Waals surface area contributed by atoms with E-state index in [4.69, 9.17) is 27.9 Å². The molecule has 134 valence electrons. The average Bonchev–Trinajstić information content (AvgIpc) is 2.63. The van der Waals surface area contributed by atoms with E-state index in [1.165, 1.54) is 0 Å². The number of hydrogen-bond acceptors (Lipinski definition) is 5. The van der Waals surface area contributed by atoms with E-state index in [0.29, 0.717) is 34.5 Å². The number of nitrogens with one attached hydrogen (secondary N) is 2. The molecule has 0 aliphatic rings. The van der Waals surface area contributed by atoms with Crippen LogP contribution in [0.25, 0.3) is 0 Å². The van der Waals surface area contributed by atoms with Gasteiger partial charge in [-0.05, 0) is 36.8 Å². The average molecular weight is 391 g/mol. The van der Waals surface area contributed by atoms with Gasteiger partial charge in [0.05, 0.1) is 22.3 Å². The van der Waals surface area contributed by atoms with E-state index in [-0.39, 0.29) is 11.5 Å². The summed E-state index contributed by atoms with van der Waals surface area (Å²) in [6, 6.07) is 12.6. The molecule has 0 aliphatic carbocycles. The lowest BCUT2D eigenvalue weighted by atomic mass is 10.1. The van der Waals surface area contributed by atoms with Crippen molar-refractivity contribution in [3.05, 3.63) is 74.1 Å². The Morgan fingerprint density at radius 1 is 1.12 bits per heavy atom. The van der Waals surface area contributed by atoms with Gasteiger partial charge in [0.25, 0.3) is 5.56 Å². The normalized spacial score (nSPS) is 10.6. The van der Waals surface area contributed by atoms with Crippen LogP contribution in [0.1, 0.15) is 18.2 Å². The van der Waals surface area contributed by atoms with E-state index >= 15 is 0 Å². The molecule has 0 saturated carbocycles. The van der Waals surface area contributed by atoms with E-state index in [2.05, 4.69) is 20.5 Å². The number of H-pyrrole nitrogens is 1. The van der Waals surface area contributed by atoms with Gasteiger partial charge in [-0.3, -0.25) is 9.78 Å². The van der Waals surface area contributed by atoms with Crippen LogP contribution in [0.4, 0.5) is 11.6 Å². The van der Waals surface area contributed by atoms with Gasteiger partial charge in [0, 0.05) is 6.42 Å². The van der Waals surface area contributed by atoms with Crippen molar-refractivity contribution in [2.75, 3.05) is 11.9 Å². The molecular weight excluding hydrogens is 375 g/mol. The molecule has 0 fully saturated rings. The van der Waals surface area contributed by atoms with Gasteiger partial charge >= 0.3 is 0 Å². The van der Waals surface area contributed by atoms with Crippen molar-refractivity contribution in [1.29, 1.82) is 0 Å². The predicted octanol–water partition coefficient (Wildman–Crippen LogP) is 4.20. The number of anilines is 2. The molecule has 1 heterocycles. The van der Waals surface area contributed by atoms with Gasteiger partial charge in [-0.2, -0.15) is 0 Å². The molecular formula is C18H16Cl2N4O2. The highest BCUT2D eigenvalue weighted by molar-refractivity contribution is 6.43. The van der Waals surface area contributed by atoms with Crippen LogP contribution in [0.5, 0.6) is 5.75 Å².